The van der Waals surface area contributed by atoms with Crippen molar-refractivity contribution in [2.24, 2.45) is 0 Å². The summed E-state index contributed by atoms with van der Waals surface area (Å²) < 4.78 is 39.7. The van der Waals surface area contributed by atoms with Crippen molar-refractivity contribution in [3.8, 4) is 22.6 Å². The second kappa shape index (κ2) is 7.34. The van der Waals surface area contributed by atoms with Crippen LogP contribution in [-0.2, 0) is 12.6 Å². The van der Waals surface area contributed by atoms with Gasteiger partial charge in [0.25, 0.3) is 5.91 Å². The van der Waals surface area contributed by atoms with E-state index in [1.54, 1.807) is 0 Å². The monoisotopic (exact) mass is 389 g/mol. The predicted molar refractivity (Wildman–Crippen MR) is 99.4 cm³/mol. The van der Waals surface area contributed by atoms with Crippen LogP contribution in [-0.4, -0.2) is 27.9 Å². The number of benzene rings is 1. The highest BCUT2D eigenvalue weighted by Crippen LogP contribution is 2.36. The molecule has 2 heterocycles. The fourth-order valence-corrected chi connectivity index (χ4v) is 2.93. The molecule has 0 saturated heterocycles. The fourth-order valence-electron chi connectivity index (χ4n) is 2.93. The molecule has 0 aliphatic rings. The number of carbonyl (C=O) groups excluding carboxylic acids is 1. The summed E-state index contributed by atoms with van der Waals surface area (Å²) in [6, 6.07) is 6.56. The van der Waals surface area contributed by atoms with Gasteiger partial charge in [0, 0.05) is 18.7 Å². The molecule has 4 N–H and O–H groups in total. The van der Waals surface area contributed by atoms with Gasteiger partial charge >= 0.3 is 6.18 Å². The Hall–Kier alpha value is -3.36. The molecule has 9 heteroatoms. The molecule has 28 heavy (non-hydrogen) atoms. The van der Waals surface area contributed by atoms with Crippen molar-refractivity contribution in [3.63, 3.8) is 0 Å². The highest BCUT2D eigenvalue weighted by molar-refractivity contribution is 6.02. The molecule has 3 aromatic rings. The minimum atomic E-state index is -4.50. The van der Waals surface area contributed by atoms with E-state index < -0.39 is 17.6 Å². The summed E-state index contributed by atoms with van der Waals surface area (Å²) in [6.45, 7) is 1.83. The number of rotatable bonds is 4. The summed E-state index contributed by atoms with van der Waals surface area (Å²) in [5, 5.41) is 2.51. The first kappa shape index (κ1) is 19.4. The number of halogens is 3. The van der Waals surface area contributed by atoms with E-state index in [9.17, 15) is 18.0 Å². The maximum absolute atomic E-state index is 13.2. The van der Waals surface area contributed by atoms with E-state index in [2.05, 4.69) is 20.3 Å². The van der Waals surface area contributed by atoms with Crippen LogP contribution in [0.15, 0.2) is 36.7 Å². The number of carbonyl (C=O) groups is 1. The van der Waals surface area contributed by atoms with Crippen LogP contribution < -0.4 is 11.1 Å². The van der Waals surface area contributed by atoms with Crippen molar-refractivity contribution < 1.29 is 18.0 Å². The van der Waals surface area contributed by atoms with Crippen LogP contribution >= 0.6 is 0 Å². The second-order valence-electron chi connectivity index (χ2n) is 6.10. The highest BCUT2D eigenvalue weighted by Gasteiger charge is 2.31. The lowest BCUT2D eigenvalue weighted by molar-refractivity contribution is -0.137. The summed E-state index contributed by atoms with van der Waals surface area (Å²) in [4.78, 5) is 23.4. The molecule has 0 aliphatic carbocycles. The molecule has 0 radical (unpaired) electrons. The Bertz CT molecular complexity index is 1030. The Morgan fingerprint density at radius 3 is 2.57 bits per heavy atom. The van der Waals surface area contributed by atoms with Crippen molar-refractivity contribution in [1.29, 1.82) is 0 Å². The van der Waals surface area contributed by atoms with E-state index in [1.165, 1.54) is 31.6 Å². The van der Waals surface area contributed by atoms with Gasteiger partial charge in [0.15, 0.2) is 0 Å². The zero-order valence-corrected chi connectivity index (χ0v) is 15.2. The van der Waals surface area contributed by atoms with Gasteiger partial charge in [-0.05, 0) is 30.2 Å². The van der Waals surface area contributed by atoms with Crippen LogP contribution in [0.3, 0.4) is 0 Å². The van der Waals surface area contributed by atoms with Gasteiger partial charge in [-0.2, -0.15) is 13.2 Å². The molecule has 0 saturated carbocycles. The van der Waals surface area contributed by atoms with Gasteiger partial charge in [0.1, 0.15) is 12.1 Å². The lowest BCUT2D eigenvalue weighted by Crippen LogP contribution is -2.18. The van der Waals surface area contributed by atoms with Gasteiger partial charge in [-0.1, -0.05) is 13.0 Å². The zero-order valence-electron chi connectivity index (χ0n) is 15.2. The van der Waals surface area contributed by atoms with E-state index in [0.717, 1.165) is 12.1 Å². The number of nitrogens with one attached hydrogen (secondary N) is 2. The Kier molecular flexibility index (Phi) is 5.08. The number of nitrogen functional groups attached to an aromatic ring is 1. The molecule has 2 aromatic heterocycles. The molecular weight excluding hydrogens is 371 g/mol. The molecule has 0 fully saturated rings. The molecule has 0 aliphatic heterocycles. The molecule has 0 atom stereocenters. The number of H-pyrrole nitrogens is 1. The topological polar surface area (TPSA) is 96.7 Å². The first-order valence-corrected chi connectivity index (χ1v) is 8.48. The predicted octanol–water partition coefficient (Wildman–Crippen LogP) is 3.66. The minimum Gasteiger partial charge on any atom is -0.384 e. The van der Waals surface area contributed by atoms with Crippen LogP contribution in [0.2, 0.25) is 0 Å². The van der Waals surface area contributed by atoms with E-state index >= 15 is 0 Å². The number of amides is 1. The van der Waals surface area contributed by atoms with Gasteiger partial charge in [-0.15, -0.1) is 0 Å². The summed E-state index contributed by atoms with van der Waals surface area (Å²) in [6.07, 6.45) is -2.73. The smallest absolute Gasteiger partial charge is 0.384 e. The fraction of sp³-hybridized carbons (Fsp3) is 0.211. The molecule has 3 rings (SSSR count). The maximum atomic E-state index is 13.2. The third-order valence-corrected chi connectivity index (χ3v) is 4.34. The summed E-state index contributed by atoms with van der Waals surface area (Å²) in [5.74, 6) is -0.199. The van der Waals surface area contributed by atoms with Gasteiger partial charge in [0.05, 0.1) is 28.2 Å². The molecule has 0 spiro atoms. The maximum Gasteiger partial charge on any atom is 0.416 e. The van der Waals surface area contributed by atoms with Crippen LogP contribution in [0, 0.1) is 0 Å². The van der Waals surface area contributed by atoms with Gasteiger partial charge in [-0.3, -0.25) is 4.79 Å². The van der Waals surface area contributed by atoms with Gasteiger partial charge in [0.2, 0.25) is 0 Å². The Morgan fingerprint density at radius 2 is 1.96 bits per heavy atom. The van der Waals surface area contributed by atoms with Gasteiger partial charge < -0.3 is 16.0 Å². The van der Waals surface area contributed by atoms with Crippen LogP contribution in [0.1, 0.15) is 28.4 Å². The number of aromatic nitrogens is 3. The van der Waals surface area contributed by atoms with E-state index in [-0.39, 0.29) is 17.1 Å². The second-order valence-corrected chi connectivity index (χ2v) is 6.10. The van der Waals surface area contributed by atoms with E-state index in [0.29, 0.717) is 28.9 Å². The molecule has 146 valence electrons. The standard InChI is InChI=1S/C19H18F3N5O/c1-3-10-4-5-11(19(20,21)22)6-12(10)17-13(18(28)24-2)7-15(27-17)14-8-16(23)26-9-25-14/h4-9,27H,3H2,1-2H3,(H,24,28)(H2,23,25,26). The number of alkyl halides is 3. The summed E-state index contributed by atoms with van der Waals surface area (Å²) >= 11 is 0. The first-order chi connectivity index (χ1) is 13.2. The van der Waals surface area contributed by atoms with Crippen LogP contribution in [0.5, 0.6) is 0 Å². The van der Waals surface area contributed by atoms with Crippen molar-refractivity contribution >= 4 is 11.7 Å². The quantitative estimate of drug-likeness (QED) is 0.634. The van der Waals surface area contributed by atoms with Crippen molar-refractivity contribution in [2.75, 3.05) is 12.8 Å². The molecule has 0 unspecified atom stereocenters. The Labute approximate surface area is 159 Å². The van der Waals surface area contributed by atoms with Crippen LogP contribution in [0.4, 0.5) is 19.0 Å². The number of hydrogen-bond acceptors (Lipinski definition) is 4. The average molecular weight is 389 g/mol. The Balaban J connectivity index is 2.25. The SMILES string of the molecule is CCc1ccc(C(F)(F)F)cc1-c1[nH]c(-c2cc(N)ncn2)cc1C(=O)NC. The molecule has 0 bridgehead atoms. The summed E-state index contributed by atoms with van der Waals surface area (Å²) in [7, 11) is 1.45. The number of anilines is 1. The Morgan fingerprint density at radius 1 is 1.21 bits per heavy atom. The lowest BCUT2D eigenvalue weighted by Gasteiger charge is -2.13. The molecule has 1 amide bonds. The number of nitrogens with two attached hydrogens (primary N) is 1. The largest absolute Gasteiger partial charge is 0.416 e. The number of aryl methyl sites for hydroxylation is 1. The van der Waals surface area contributed by atoms with Crippen LogP contribution in [0.25, 0.3) is 22.6 Å². The zero-order chi connectivity index (χ0) is 20.5. The number of aromatic amines is 1. The lowest BCUT2D eigenvalue weighted by atomic mass is 9.97. The van der Waals surface area contributed by atoms with Gasteiger partial charge in [-0.25, -0.2) is 9.97 Å². The molecule has 6 nitrogen and oxygen atoms in total. The van der Waals surface area contributed by atoms with E-state index in [4.69, 9.17) is 5.73 Å². The summed E-state index contributed by atoms with van der Waals surface area (Å²) in [5.41, 5.74) is 7.25. The number of nitrogens with zero attached hydrogens (tertiary/aromatic N) is 2. The third-order valence-electron chi connectivity index (χ3n) is 4.34. The minimum absolute atomic E-state index is 0.212. The normalized spacial score (nSPS) is 11.5. The molecule has 1 aromatic carbocycles. The first-order valence-electron chi connectivity index (χ1n) is 8.48. The van der Waals surface area contributed by atoms with E-state index in [1.807, 2.05) is 6.92 Å². The van der Waals surface area contributed by atoms with Crippen molar-refractivity contribution in [1.82, 2.24) is 20.3 Å². The third kappa shape index (κ3) is 3.68. The molecular formula is C19H18F3N5O. The van der Waals surface area contributed by atoms with Crippen molar-refractivity contribution in [2.45, 2.75) is 19.5 Å². The average Bonchev–Trinajstić information content (AvgIpc) is 3.11. The highest BCUT2D eigenvalue weighted by atomic mass is 19.4. The van der Waals surface area contributed by atoms with Crippen molar-refractivity contribution in [3.05, 3.63) is 53.3 Å². The number of hydrogen-bond donors (Lipinski definition) is 3.